The number of halogens is 1. The molecule has 6 nitrogen and oxygen atoms in total. The normalized spacial score (nSPS) is 13.4. The summed E-state index contributed by atoms with van der Waals surface area (Å²) in [4.78, 5) is 15.2. The van der Waals surface area contributed by atoms with Gasteiger partial charge < -0.3 is 18.6 Å². The molecule has 0 N–H and O–H groups in total. The number of rotatable bonds is 5. The Morgan fingerprint density at radius 3 is 2.62 bits per heavy atom. The van der Waals surface area contributed by atoms with Crippen molar-refractivity contribution < 1.29 is 18.6 Å². The number of benzene rings is 3. The Balaban J connectivity index is 1.44. The van der Waals surface area contributed by atoms with E-state index in [2.05, 4.69) is 20.8 Å². The van der Waals surface area contributed by atoms with Crippen LogP contribution >= 0.6 is 15.9 Å². The maximum atomic E-state index is 13.1. The van der Waals surface area contributed by atoms with Gasteiger partial charge in [0.25, 0.3) is 0 Å². The van der Waals surface area contributed by atoms with Gasteiger partial charge in [0.1, 0.15) is 35.8 Å². The second-order valence-corrected chi connectivity index (χ2v) is 8.34. The number of hydrogen-bond acceptors (Lipinski definition) is 6. The number of ether oxygens (including phenoxy) is 3. The molecule has 0 radical (unpaired) electrons. The molecule has 0 saturated carbocycles. The van der Waals surface area contributed by atoms with Crippen LogP contribution in [0.1, 0.15) is 11.1 Å². The molecular formula is C25H20BrNO5. The molecule has 4 aromatic rings. The van der Waals surface area contributed by atoms with Gasteiger partial charge in [-0.15, -0.1) is 0 Å². The summed E-state index contributed by atoms with van der Waals surface area (Å²) in [7, 11) is 1.65. The molecule has 2 heterocycles. The van der Waals surface area contributed by atoms with Crippen molar-refractivity contribution in [1.29, 1.82) is 0 Å². The van der Waals surface area contributed by atoms with Crippen LogP contribution in [-0.4, -0.2) is 18.7 Å². The third-order valence-corrected chi connectivity index (χ3v) is 6.03. The maximum absolute atomic E-state index is 13.1. The van der Waals surface area contributed by atoms with E-state index in [-0.39, 0.29) is 11.2 Å². The summed E-state index contributed by atoms with van der Waals surface area (Å²) in [6, 6.07) is 18.8. The fourth-order valence-electron chi connectivity index (χ4n) is 3.74. The molecule has 5 rings (SSSR count). The average molecular weight is 494 g/mol. The lowest BCUT2D eigenvalue weighted by Gasteiger charge is -2.29. The van der Waals surface area contributed by atoms with E-state index in [1.54, 1.807) is 19.2 Å². The van der Waals surface area contributed by atoms with Gasteiger partial charge in [-0.2, -0.15) is 0 Å². The van der Waals surface area contributed by atoms with E-state index in [1.165, 1.54) is 6.26 Å². The Morgan fingerprint density at radius 1 is 1.03 bits per heavy atom. The highest BCUT2D eigenvalue weighted by Crippen LogP contribution is 2.34. The standard InChI is InChI=1S/C25H20BrNO5/c1-29-17-8-6-16(7-9-17)12-27-13-19-21(31-15-27)11-10-18-24(28)23(14-30-25(18)19)32-22-5-3-2-4-20(22)26/h2-11,14H,12-13,15H2,1H3. The summed E-state index contributed by atoms with van der Waals surface area (Å²) in [6.45, 7) is 1.76. The molecule has 1 aromatic heterocycles. The fourth-order valence-corrected chi connectivity index (χ4v) is 4.11. The van der Waals surface area contributed by atoms with Gasteiger partial charge in [-0.25, -0.2) is 0 Å². The molecule has 0 bridgehead atoms. The summed E-state index contributed by atoms with van der Waals surface area (Å²) in [5, 5.41) is 0.461. The van der Waals surface area contributed by atoms with E-state index in [9.17, 15) is 4.79 Å². The molecule has 0 unspecified atom stereocenters. The molecular weight excluding hydrogens is 474 g/mol. The summed E-state index contributed by atoms with van der Waals surface area (Å²) < 4.78 is 23.6. The van der Waals surface area contributed by atoms with Gasteiger partial charge in [-0.05, 0) is 57.9 Å². The first-order valence-corrected chi connectivity index (χ1v) is 10.9. The topological polar surface area (TPSA) is 61.1 Å². The SMILES string of the molecule is COc1ccc(CN2COc3ccc4c(=O)c(Oc5ccccc5Br)coc4c3C2)cc1. The van der Waals surface area contributed by atoms with Gasteiger partial charge in [0, 0.05) is 13.1 Å². The third kappa shape index (κ3) is 3.97. The minimum atomic E-state index is -0.225. The predicted octanol–water partition coefficient (Wildman–Crippen LogP) is 5.71. The molecule has 0 atom stereocenters. The zero-order valence-corrected chi connectivity index (χ0v) is 18.9. The molecule has 3 aromatic carbocycles. The van der Waals surface area contributed by atoms with Crippen LogP contribution in [0.25, 0.3) is 11.0 Å². The highest BCUT2D eigenvalue weighted by molar-refractivity contribution is 9.10. The van der Waals surface area contributed by atoms with Crippen LogP contribution in [0.5, 0.6) is 23.0 Å². The zero-order valence-electron chi connectivity index (χ0n) is 17.3. The van der Waals surface area contributed by atoms with Gasteiger partial charge >= 0.3 is 0 Å². The van der Waals surface area contributed by atoms with Crippen molar-refractivity contribution in [3.63, 3.8) is 0 Å². The van der Waals surface area contributed by atoms with E-state index >= 15 is 0 Å². The number of methoxy groups -OCH3 is 1. The van der Waals surface area contributed by atoms with Gasteiger partial charge in [0.05, 0.1) is 22.5 Å². The van der Waals surface area contributed by atoms with Crippen molar-refractivity contribution in [3.05, 3.63) is 92.7 Å². The van der Waals surface area contributed by atoms with Gasteiger partial charge in [-0.3, -0.25) is 9.69 Å². The second kappa shape index (κ2) is 8.68. The molecule has 162 valence electrons. The molecule has 0 aliphatic carbocycles. The average Bonchev–Trinajstić information content (AvgIpc) is 2.82. The van der Waals surface area contributed by atoms with Crippen LogP contribution in [0.3, 0.4) is 0 Å². The van der Waals surface area contributed by atoms with Crippen LogP contribution in [0.2, 0.25) is 0 Å². The Labute approximate surface area is 193 Å². The van der Waals surface area contributed by atoms with E-state index in [0.29, 0.717) is 36.5 Å². The third-order valence-electron chi connectivity index (χ3n) is 5.38. The molecule has 1 aliphatic rings. The number of nitrogens with zero attached hydrogens (tertiary/aromatic N) is 1. The summed E-state index contributed by atoms with van der Waals surface area (Å²) in [5.74, 6) is 2.23. The van der Waals surface area contributed by atoms with Crippen molar-refractivity contribution >= 4 is 26.9 Å². The number of hydrogen-bond donors (Lipinski definition) is 0. The first-order chi connectivity index (χ1) is 15.6. The summed E-state index contributed by atoms with van der Waals surface area (Å²) in [5.41, 5.74) is 2.29. The molecule has 0 saturated heterocycles. The molecule has 0 fully saturated rings. The largest absolute Gasteiger partial charge is 0.497 e. The first kappa shape index (κ1) is 20.6. The van der Waals surface area contributed by atoms with Crippen LogP contribution in [0, 0.1) is 0 Å². The van der Waals surface area contributed by atoms with E-state index in [1.807, 2.05) is 48.5 Å². The number of para-hydroxylation sites is 1. The lowest BCUT2D eigenvalue weighted by atomic mass is 10.1. The van der Waals surface area contributed by atoms with Crippen molar-refractivity contribution in [3.8, 4) is 23.0 Å². The highest BCUT2D eigenvalue weighted by atomic mass is 79.9. The quantitative estimate of drug-likeness (QED) is 0.354. The van der Waals surface area contributed by atoms with Gasteiger partial charge in [0.15, 0.2) is 0 Å². The Hall–Kier alpha value is -3.29. The summed E-state index contributed by atoms with van der Waals surface area (Å²) in [6.07, 6.45) is 1.37. The molecule has 0 spiro atoms. The van der Waals surface area contributed by atoms with Crippen LogP contribution in [0.15, 0.2) is 80.6 Å². The number of fused-ring (bicyclic) bond motifs is 3. The molecule has 32 heavy (non-hydrogen) atoms. The van der Waals surface area contributed by atoms with Crippen molar-refractivity contribution in [2.75, 3.05) is 13.8 Å². The second-order valence-electron chi connectivity index (χ2n) is 7.49. The van der Waals surface area contributed by atoms with E-state index < -0.39 is 0 Å². The van der Waals surface area contributed by atoms with Crippen molar-refractivity contribution in [2.24, 2.45) is 0 Å². The van der Waals surface area contributed by atoms with E-state index in [0.717, 1.165) is 27.1 Å². The van der Waals surface area contributed by atoms with Gasteiger partial charge in [0.2, 0.25) is 11.2 Å². The maximum Gasteiger partial charge on any atom is 0.235 e. The first-order valence-electron chi connectivity index (χ1n) is 10.1. The highest BCUT2D eigenvalue weighted by Gasteiger charge is 2.23. The minimum absolute atomic E-state index is 0.135. The monoisotopic (exact) mass is 493 g/mol. The van der Waals surface area contributed by atoms with Crippen LogP contribution < -0.4 is 19.6 Å². The van der Waals surface area contributed by atoms with Gasteiger partial charge in [-0.1, -0.05) is 24.3 Å². The zero-order chi connectivity index (χ0) is 22.1. The lowest BCUT2D eigenvalue weighted by molar-refractivity contribution is 0.0890. The Bertz CT molecular complexity index is 1330. The smallest absolute Gasteiger partial charge is 0.235 e. The molecule has 1 aliphatic heterocycles. The molecule has 7 heteroatoms. The van der Waals surface area contributed by atoms with E-state index in [4.69, 9.17) is 18.6 Å². The molecule has 0 amide bonds. The van der Waals surface area contributed by atoms with Crippen molar-refractivity contribution in [1.82, 2.24) is 4.90 Å². The van der Waals surface area contributed by atoms with Crippen LogP contribution in [-0.2, 0) is 13.1 Å². The van der Waals surface area contributed by atoms with Crippen LogP contribution in [0.4, 0.5) is 0 Å². The Morgan fingerprint density at radius 2 is 1.84 bits per heavy atom. The minimum Gasteiger partial charge on any atom is -0.497 e. The fraction of sp³-hybridized carbons (Fsp3) is 0.160. The summed E-state index contributed by atoms with van der Waals surface area (Å²) >= 11 is 3.43. The van der Waals surface area contributed by atoms with Crippen molar-refractivity contribution in [2.45, 2.75) is 13.1 Å². The lowest BCUT2D eigenvalue weighted by Crippen LogP contribution is -2.31. The Kier molecular flexibility index (Phi) is 5.59. The predicted molar refractivity (Wildman–Crippen MR) is 124 cm³/mol.